The second-order valence-electron chi connectivity index (χ2n) is 2.87. The molecule has 1 nitrogen and oxygen atoms in total. The van der Waals surface area contributed by atoms with E-state index in [0.29, 0.717) is 5.56 Å². The van der Waals surface area contributed by atoms with Gasteiger partial charge < -0.3 is 0 Å². The summed E-state index contributed by atoms with van der Waals surface area (Å²) in [6.45, 7) is 2.03. The average molecular weight is 211 g/mol. The number of hydrogen-bond acceptors (Lipinski definition) is 2. The van der Waals surface area contributed by atoms with Gasteiger partial charge in [0.1, 0.15) is 0 Å². The molecule has 2 rings (SSSR count). The van der Waals surface area contributed by atoms with Crippen LogP contribution < -0.4 is 0 Å². The summed E-state index contributed by atoms with van der Waals surface area (Å²) in [5, 5.41) is 2.71. The minimum atomic E-state index is -0.382. The highest BCUT2D eigenvalue weighted by Gasteiger charge is 2.09. The molecule has 0 N–H and O–H groups in total. The van der Waals surface area contributed by atoms with E-state index in [9.17, 15) is 4.79 Å². The maximum absolute atomic E-state index is 11.0. The van der Waals surface area contributed by atoms with Gasteiger partial charge in [-0.15, -0.1) is 11.3 Å². The summed E-state index contributed by atoms with van der Waals surface area (Å²) in [6.07, 6.45) is 0. The second-order valence-corrected chi connectivity index (χ2v) is 4.13. The topological polar surface area (TPSA) is 17.1 Å². The van der Waals surface area contributed by atoms with Crippen molar-refractivity contribution in [1.29, 1.82) is 0 Å². The largest absolute Gasteiger partial charge is 0.276 e. The molecule has 0 unspecified atom stereocenters. The molecule has 0 fully saturated rings. The van der Waals surface area contributed by atoms with Crippen molar-refractivity contribution in [2.75, 3.05) is 0 Å². The third kappa shape index (κ3) is 1.36. The summed E-state index contributed by atoms with van der Waals surface area (Å²) in [5.74, 6) is 0. The highest BCUT2D eigenvalue weighted by molar-refractivity contribution is 7.17. The number of halogens is 1. The maximum atomic E-state index is 11.0. The molecule has 2 aromatic rings. The molecule has 0 aliphatic heterocycles. The van der Waals surface area contributed by atoms with Crippen LogP contribution in [-0.2, 0) is 0 Å². The van der Waals surface area contributed by atoms with Gasteiger partial charge in [-0.05, 0) is 47.0 Å². The van der Waals surface area contributed by atoms with Gasteiger partial charge in [0.25, 0.3) is 5.24 Å². The van der Waals surface area contributed by atoms with Crippen molar-refractivity contribution in [3.8, 4) is 0 Å². The van der Waals surface area contributed by atoms with E-state index >= 15 is 0 Å². The predicted octanol–water partition coefficient (Wildman–Crippen LogP) is 3.59. The van der Waals surface area contributed by atoms with Gasteiger partial charge in [0.15, 0.2) is 0 Å². The van der Waals surface area contributed by atoms with Crippen LogP contribution >= 0.6 is 22.9 Å². The number of hydrogen-bond donors (Lipinski definition) is 0. The van der Waals surface area contributed by atoms with Crippen LogP contribution in [0.2, 0.25) is 0 Å². The number of fused-ring (bicyclic) bond motifs is 1. The van der Waals surface area contributed by atoms with Gasteiger partial charge in [0, 0.05) is 4.70 Å². The number of rotatable bonds is 1. The summed E-state index contributed by atoms with van der Waals surface area (Å²) in [4.78, 5) is 11.0. The molecule has 1 aromatic heterocycles. The molecule has 13 heavy (non-hydrogen) atoms. The highest BCUT2D eigenvalue weighted by atomic mass is 35.5. The normalized spacial score (nSPS) is 10.6. The maximum Gasteiger partial charge on any atom is 0.253 e. The fraction of sp³-hybridized carbons (Fsp3) is 0.100. The van der Waals surface area contributed by atoms with E-state index in [0.717, 1.165) is 10.1 Å². The number of aryl methyl sites for hydroxylation is 1. The van der Waals surface area contributed by atoms with E-state index in [4.69, 9.17) is 11.6 Å². The van der Waals surface area contributed by atoms with E-state index < -0.39 is 0 Å². The first-order chi connectivity index (χ1) is 6.20. The smallest absolute Gasteiger partial charge is 0.253 e. The summed E-state index contributed by atoms with van der Waals surface area (Å²) < 4.78 is 0.986. The van der Waals surface area contributed by atoms with Crippen LogP contribution in [0.3, 0.4) is 0 Å². The van der Waals surface area contributed by atoms with Crippen LogP contribution in [0.25, 0.3) is 10.1 Å². The Hall–Kier alpha value is -0.860. The number of carbonyl (C=O) groups excluding carboxylic acids is 1. The van der Waals surface area contributed by atoms with Gasteiger partial charge >= 0.3 is 0 Å². The molecule has 0 radical (unpaired) electrons. The lowest BCUT2D eigenvalue weighted by molar-refractivity contribution is 0.108. The molecule has 0 saturated carbocycles. The van der Waals surface area contributed by atoms with Crippen LogP contribution in [0.15, 0.2) is 23.6 Å². The standard InChI is InChI=1S/C10H7ClOS/c1-6-2-3-8(10(11)12)9-7(6)4-5-13-9/h2-5H,1H3. The Kier molecular flexibility index (Phi) is 2.10. The molecule has 0 amide bonds. The fourth-order valence-corrected chi connectivity index (χ4v) is 2.55. The van der Waals surface area contributed by atoms with Crippen LogP contribution in [0, 0.1) is 6.92 Å². The minimum Gasteiger partial charge on any atom is -0.276 e. The quantitative estimate of drug-likeness (QED) is 0.658. The van der Waals surface area contributed by atoms with Crippen molar-refractivity contribution in [1.82, 2.24) is 0 Å². The van der Waals surface area contributed by atoms with Gasteiger partial charge in [-0.25, -0.2) is 0 Å². The number of carbonyl (C=O) groups is 1. The summed E-state index contributed by atoms with van der Waals surface area (Å²) >= 11 is 7.01. The van der Waals surface area contributed by atoms with Crippen molar-refractivity contribution in [2.45, 2.75) is 6.92 Å². The Morgan fingerprint density at radius 1 is 1.38 bits per heavy atom. The summed E-state index contributed by atoms with van der Waals surface area (Å²) in [6, 6.07) is 5.72. The lowest BCUT2D eigenvalue weighted by Crippen LogP contribution is -1.88. The van der Waals surface area contributed by atoms with Crippen LogP contribution in [0.1, 0.15) is 15.9 Å². The molecule has 66 valence electrons. The van der Waals surface area contributed by atoms with E-state index in [-0.39, 0.29) is 5.24 Å². The van der Waals surface area contributed by atoms with Crippen molar-refractivity contribution in [3.05, 3.63) is 34.7 Å². The van der Waals surface area contributed by atoms with Gasteiger partial charge in [0.05, 0.1) is 5.56 Å². The second kappa shape index (κ2) is 3.13. The van der Waals surface area contributed by atoms with E-state index in [1.54, 1.807) is 17.4 Å². The Morgan fingerprint density at radius 2 is 2.15 bits per heavy atom. The zero-order chi connectivity index (χ0) is 9.42. The lowest BCUT2D eigenvalue weighted by Gasteiger charge is -1.99. The molecule has 0 aliphatic rings. The number of benzene rings is 1. The monoisotopic (exact) mass is 210 g/mol. The molecule has 0 spiro atoms. The molecule has 0 atom stereocenters. The van der Waals surface area contributed by atoms with Crippen molar-refractivity contribution >= 4 is 38.3 Å². The third-order valence-corrected chi connectivity index (χ3v) is 3.20. The van der Waals surface area contributed by atoms with E-state index in [1.165, 1.54) is 5.56 Å². The van der Waals surface area contributed by atoms with Crippen LogP contribution in [-0.4, -0.2) is 5.24 Å². The van der Waals surface area contributed by atoms with Crippen LogP contribution in [0.4, 0.5) is 0 Å². The third-order valence-electron chi connectivity index (χ3n) is 2.05. The predicted molar refractivity (Wildman–Crippen MR) is 56.7 cm³/mol. The molecule has 3 heteroatoms. The zero-order valence-corrected chi connectivity index (χ0v) is 8.58. The molecule has 1 aromatic carbocycles. The van der Waals surface area contributed by atoms with Gasteiger partial charge in [-0.3, -0.25) is 4.79 Å². The SMILES string of the molecule is Cc1ccc(C(=O)Cl)c2sccc12. The zero-order valence-electron chi connectivity index (χ0n) is 7.00. The summed E-state index contributed by atoms with van der Waals surface area (Å²) in [5.41, 5.74) is 1.79. The molecular formula is C10H7ClOS. The van der Waals surface area contributed by atoms with Gasteiger partial charge in [-0.1, -0.05) is 6.07 Å². The van der Waals surface area contributed by atoms with E-state index in [2.05, 4.69) is 0 Å². The fourth-order valence-electron chi connectivity index (χ4n) is 1.36. The first-order valence-corrected chi connectivity index (χ1v) is 5.12. The molecule has 0 aliphatic carbocycles. The van der Waals surface area contributed by atoms with Crippen molar-refractivity contribution < 1.29 is 4.79 Å². The molecule has 0 bridgehead atoms. The van der Waals surface area contributed by atoms with E-state index in [1.807, 2.05) is 24.4 Å². The molecule has 0 saturated heterocycles. The average Bonchev–Trinajstić information content (AvgIpc) is 2.53. The summed E-state index contributed by atoms with van der Waals surface area (Å²) in [7, 11) is 0. The van der Waals surface area contributed by atoms with Crippen LogP contribution in [0.5, 0.6) is 0 Å². The number of thiophene rings is 1. The minimum absolute atomic E-state index is 0.382. The Morgan fingerprint density at radius 3 is 2.85 bits per heavy atom. The van der Waals surface area contributed by atoms with Crippen molar-refractivity contribution in [3.63, 3.8) is 0 Å². The van der Waals surface area contributed by atoms with Gasteiger partial charge in [-0.2, -0.15) is 0 Å². The molecular weight excluding hydrogens is 204 g/mol. The lowest BCUT2D eigenvalue weighted by atomic mass is 10.1. The highest BCUT2D eigenvalue weighted by Crippen LogP contribution is 2.28. The Bertz CT molecular complexity index is 473. The Labute approximate surface area is 84.9 Å². The molecule has 1 heterocycles. The van der Waals surface area contributed by atoms with Gasteiger partial charge in [0.2, 0.25) is 0 Å². The first kappa shape index (κ1) is 8.73. The first-order valence-electron chi connectivity index (χ1n) is 3.87. The Balaban J connectivity index is 2.86. The van der Waals surface area contributed by atoms with Crippen molar-refractivity contribution in [2.24, 2.45) is 0 Å².